The molecule has 0 spiro atoms. The molecule has 0 radical (unpaired) electrons. The number of rotatable bonds is 3. The standard InChI is InChI=1S/C8H9N3O4/c1-15-6-2-5(4-10-9)8(12)7(3-6)11(13)14/h2-4,12H,9H2,1H3. The summed E-state index contributed by atoms with van der Waals surface area (Å²) in [6, 6.07) is 2.50. The van der Waals surface area contributed by atoms with Gasteiger partial charge in [-0.15, -0.1) is 0 Å². The minimum Gasteiger partial charge on any atom is -0.502 e. The molecule has 0 heterocycles. The molecule has 15 heavy (non-hydrogen) atoms. The molecule has 0 aliphatic heterocycles. The second-order valence-corrected chi connectivity index (χ2v) is 2.62. The first-order chi connectivity index (χ1) is 7.10. The van der Waals surface area contributed by atoms with Crippen LogP contribution in [0.1, 0.15) is 5.56 Å². The van der Waals surface area contributed by atoms with Crippen molar-refractivity contribution in [3.8, 4) is 11.5 Å². The molecule has 3 N–H and O–H groups in total. The normalized spacial score (nSPS) is 10.5. The van der Waals surface area contributed by atoms with Gasteiger partial charge in [0.2, 0.25) is 5.75 Å². The van der Waals surface area contributed by atoms with Gasteiger partial charge in [0, 0.05) is 5.56 Å². The van der Waals surface area contributed by atoms with E-state index in [2.05, 4.69) is 5.10 Å². The maximum atomic E-state index is 10.6. The van der Waals surface area contributed by atoms with Gasteiger partial charge in [-0.25, -0.2) is 0 Å². The van der Waals surface area contributed by atoms with Crippen LogP contribution < -0.4 is 10.6 Å². The molecule has 0 aliphatic rings. The van der Waals surface area contributed by atoms with E-state index >= 15 is 0 Å². The van der Waals surface area contributed by atoms with Gasteiger partial charge in [-0.3, -0.25) is 10.1 Å². The number of methoxy groups -OCH3 is 1. The van der Waals surface area contributed by atoms with Gasteiger partial charge < -0.3 is 15.7 Å². The van der Waals surface area contributed by atoms with Crippen LogP contribution in [0.4, 0.5) is 5.69 Å². The van der Waals surface area contributed by atoms with Crippen LogP contribution >= 0.6 is 0 Å². The minimum absolute atomic E-state index is 0.128. The van der Waals surface area contributed by atoms with Crippen LogP contribution in [0, 0.1) is 10.1 Å². The minimum atomic E-state index is -0.717. The van der Waals surface area contributed by atoms with Crippen molar-refractivity contribution in [3.63, 3.8) is 0 Å². The average Bonchev–Trinajstić information content (AvgIpc) is 2.21. The Kier molecular flexibility index (Phi) is 3.06. The monoisotopic (exact) mass is 211 g/mol. The number of nitrogens with two attached hydrogens (primary N) is 1. The number of ether oxygens (including phenoxy) is 1. The number of aromatic hydroxyl groups is 1. The van der Waals surface area contributed by atoms with Gasteiger partial charge in [0.1, 0.15) is 5.75 Å². The zero-order chi connectivity index (χ0) is 11.4. The third kappa shape index (κ3) is 2.13. The van der Waals surface area contributed by atoms with Gasteiger partial charge in [0.15, 0.2) is 0 Å². The van der Waals surface area contributed by atoms with Crippen LogP contribution in [0.3, 0.4) is 0 Å². The predicted octanol–water partition coefficient (Wildman–Crippen LogP) is 0.602. The molecule has 1 aromatic carbocycles. The summed E-state index contributed by atoms with van der Waals surface area (Å²) in [7, 11) is 1.36. The molecule has 0 saturated heterocycles. The lowest BCUT2D eigenvalue weighted by Crippen LogP contribution is -1.95. The molecule has 80 valence electrons. The van der Waals surface area contributed by atoms with Gasteiger partial charge >= 0.3 is 5.69 Å². The van der Waals surface area contributed by atoms with E-state index in [9.17, 15) is 15.2 Å². The quantitative estimate of drug-likeness (QED) is 0.329. The van der Waals surface area contributed by atoms with Gasteiger partial charge in [0.05, 0.1) is 24.3 Å². The molecule has 0 fully saturated rings. The molecule has 0 amide bonds. The van der Waals surface area contributed by atoms with Crippen molar-refractivity contribution in [2.75, 3.05) is 7.11 Å². The summed E-state index contributed by atoms with van der Waals surface area (Å²) in [6.07, 6.45) is 1.10. The molecular weight excluding hydrogens is 202 g/mol. The molecule has 0 unspecified atom stereocenters. The summed E-state index contributed by atoms with van der Waals surface area (Å²) in [6.45, 7) is 0. The fraction of sp³-hybridized carbons (Fsp3) is 0.125. The second-order valence-electron chi connectivity index (χ2n) is 2.62. The highest BCUT2D eigenvalue weighted by molar-refractivity contribution is 5.86. The summed E-state index contributed by atoms with van der Waals surface area (Å²) in [5.41, 5.74) is -0.326. The molecule has 7 nitrogen and oxygen atoms in total. The SMILES string of the molecule is COc1cc(C=NN)c(O)c([N+](=O)[O-])c1. The number of nitro benzene ring substituents is 1. The third-order valence-electron chi connectivity index (χ3n) is 1.74. The summed E-state index contributed by atoms with van der Waals surface area (Å²) in [5, 5.41) is 23.2. The van der Waals surface area contributed by atoms with E-state index in [1.165, 1.54) is 13.2 Å². The maximum absolute atomic E-state index is 10.6. The van der Waals surface area contributed by atoms with Crippen LogP contribution in [0.2, 0.25) is 0 Å². The first-order valence-corrected chi connectivity index (χ1v) is 3.88. The molecule has 0 bridgehead atoms. The van der Waals surface area contributed by atoms with Gasteiger partial charge in [0.25, 0.3) is 0 Å². The second kappa shape index (κ2) is 4.27. The van der Waals surface area contributed by atoms with Crippen molar-refractivity contribution in [1.29, 1.82) is 0 Å². The Labute approximate surface area is 84.9 Å². The van der Waals surface area contributed by atoms with Crippen molar-refractivity contribution in [2.45, 2.75) is 0 Å². The number of benzene rings is 1. The van der Waals surface area contributed by atoms with E-state index in [4.69, 9.17) is 10.6 Å². The van der Waals surface area contributed by atoms with Crippen molar-refractivity contribution in [1.82, 2.24) is 0 Å². The Balaban J connectivity index is 3.39. The molecule has 0 saturated carbocycles. The van der Waals surface area contributed by atoms with Crippen molar-refractivity contribution in [2.24, 2.45) is 10.9 Å². The van der Waals surface area contributed by atoms with Crippen molar-refractivity contribution < 1.29 is 14.8 Å². The summed E-state index contributed by atoms with van der Waals surface area (Å²) < 4.78 is 4.83. The topological polar surface area (TPSA) is 111 Å². The van der Waals surface area contributed by atoms with Gasteiger partial charge in [-0.2, -0.15) is 5.10 Å². The third-order valence-corrected chi connectivity index (χ3v) is 1.74. The van der Waals surface area contributed by atoms with Crippen LogP contribution in [0.5, 0.6) is 11.5 Å². The van der Waals surface area contributed by atoms with Crippen LogP contribution in [-0.2, 0) is 0 Å². The largest absolute Gasteiger partial charge is 0.502 e. The highest BCUT2D eigenvalue weighted by Gasteiger charge is 2.18. The number of phenolic OH excluding ortho intramolecular Hbond substituents is 1. The lowest BCUT2D eigenvalue weighted by atomic mass is 10.1. The fourth-order valence-corrected chi connectivity index (χ4v) is 1.05. The van der Waals surface area contributed by atoms with Crippen LogP contribution in [0.15, 0.2) is 17.2 Å². The molecule has 1 rings (SSSR count). The molecule has 7 heteroatoms. The summed E-state index contributed by atoms with van der Waals surface area (Å²) in [5.74, 6) is 4.65. The number of nitrogens with zero attached hydrogens (tertiary/aromatic N) is 2. The fourth-order valence-electron chi connectivity index (χ4n) is 1.05. The maximum Gasteiger partial charge on any atom is 0.315 e. The number of phenols is 1. The highest BCUT2D eigenvalue weighted by atomic mass is 16.6. The van der Waals surface area contributed by atoms with Gasteiger partial charge in [-0.1, -0.05) is 0 Å². The van der Waals surface area contributed by atoms with Crippen LogP contribution in [0.25, 0.3) is 0 Å². The van der Waals surface area contributed by atoms with E-state index in [1.807, 2.05) is 0 Å². The lowest BCUT2D eigenvalue weighted by Gasteiger charge is -2.03. The van der Waals surface area contributed by atoms with Crippen LogP contribution in [-0.4, -0.2) is 23.4 Å². The summed E-state index contributed by atoms with van der Waals surface area (Å²) >= 11 is 0. The number of hydrogen-bond donors (Lipinski definition) is 2. The number of hydrazone groups is 1. The van der Waals surface area contributed by atoms with E-state index in [1.54, 1.807) is 0 Å². The molecule has 1 aromatic rings. The van der Waals surface area contributed by atoms with E-state index in [0.29, 0.717) is 0 Å². The first-order valence-electron chi connectivity index (χ1n) is 3.88. The Morgan fingerprint density at radius 1 is 1.67 bits per heavy atom. The Hall–Kier alpha value is -2.31. The Morgan fingerprint density at radius 3 is 2.80 bits per heavy atom. The van der Waals surface area contributed by atoms with Crippen molar-refractivity contribution >= 4 is 11.9 Å². The Morgan fingerprint density at radius 2 is 2.33 bits per heavy atom. The van der Waals surface area contributed by atoms with Gasteiger partial charge in [-0.05, 0) is 6.07 Å². The number of nitro groups is 1. The zero-order valence-corrected chi connectivity index (χ0v) is 7.88. The lowest BCUT2D eigenvalue weighted by molar-refractivity contribution is -0.385. The Bertz CT molecular complexity index is 417. The van der Waals surface area contributed by atoms with E-state index < -0.39 is 16.4 Å². The predicted molar refractivity (Wildman–Crippen MR) is 53.1 cm³/mol. The van der Waals surface area contributed by atoms with Crippen molar-refractivity contribution in [3.05, 3.63) is 27.8 Å². The smallest absolute Gasteiger partial charge is 0.315 e. The first kappa shape index (κ1) is 10.8. The van der Waals surface area contributed by atoms with E-state index in [-0.39, 0.29) is 11.3 Å². The molecule has 0 aromatic heterocycles. The number of hydrogen-bond acceptors (Lipinski definition) is 6. The molecular formula is C8H9N3O4. The molecule has 0 atom stereocenters. The highest BCUT2D eigenvalue weighted by Crippen LogP contribution is 2.33. The summed E-state index contributed by atoms with van der Waals surface area (Å²) in [4.78, 5) is 9.84. The zero-order valence-electron chi connectivity index (χ0n) is 7.88. The van der Waals surface area contributed by atoms with E-state index in [0.717, 1.165) is 12.3 Å². The average molecular weight is 211 g/mol. The molecule has 0 aliphatic carbocycles.